The lowest BCUT2D eigenvalue weighted by Crippen LogP contribution is -2.46. The van der Waals surface area contributed by atoms with Crippen LogP contribution in [0, 0.1) is 12.8 Å². The van der Waals surface area contributed by atoms with Gasteiger partial charge in [0, 0.05) is 30.4 Å². The summed E-state index contributed by atoms with van der Waals surface area (Å²) in [5.74, 6) is 0.378. The first-order valence-corrected chi connectivity index (χ1v) is 13.1. The normalized spacial score (nSPS) is 25.2. The van der Waals surface area contributed by atoms with Gasteiger partial charge in [0.05, 0.1) is 29.8 Å². The molecule has 0 radical (unpaired) electrons. The van der Waals surface area contributed by atoms with Gasteiger partial charge in [-0.25, -0.2) is 0 Å². The number of ether oxygens (including phenoxy) is 1. The highest BCUT2D eigenvalue weighted by atomic mass is 32.1. The largest absolute Gasteiger partial charge is 0.378 e. The Labute approximate surface area is 193 Å². The molecule has 2 amide bonds. The summed E-state index contributed by atoms with van der Waals surface area (Å²) in [6.45, 7) is 4.75. The number of aromatic nitrogens is 2. The van der Waals surface area contributed by atoms with Crippen molar-refractivity contribution in [1.82, 2.24) is 20.0 Å². The lowest BCUT2D eigenvalue weighted by atomic mass is 9.85. The molecule has 2 saturated carbocycles. The molecule has 0 aromatic carbocycles. The van der Waals surface area contributed by atoms with Crippen LogP contribution in [-0.4, -0.2) is 58.8 Å². The predicted molar refractivity (Wildman–Crippen MR) is 125 cm³/mol. The molecule has 1 saturated heterocycles. The molecule has 0 atom stereocenters. The number of nitrogens with one attached hydrogen (secondary N) is 1. The molecule has 8 heteroatoms. The quantitative estimate of drug-likeness (QED) is 0.750. The topological polar surface area (TPSA) is 76.5 Å². The minimum Gasteiger partial charge on any atom is -0.378 e. The summed E-state index contributed by atoms with van der Waals surface area (Å²) in [7, 11) is 0. The number of nitrogens with zero attached hydrogens (tertiary/aromatic N) is 3. The zero-order valence-corrected chi connectivity index (χ0v) is 19.8. The van der Waals surface area contributed by atoms with E-state index in [-0.39, 0.29) is 23.8 Å². The van der Waals surface area contributed by atoms with Crippen LogP contribution in [0.15, 0.2) is 6.07 Å². The molecule has 2 aromatic heterocycles. The highest BCUT2D eigenvalue weighted by Gasteiger charge is 2.31. The predicted octanol–water partition coefficient (Wildman–Crippen LogP) is 4.06. The number of morpholine rings is 1. The first kappa shape index (κ1) is 21.9. The first-order valence-electron chi connectivity index (χ1n) is 12.3. The third-order valence-electron chi connectivity index (χ3n) is 7.45. The molecule has 1 N–H and O–H groups in total. The third-order valence-corrected chi connectivity index (χ3v) is 8.57. The van der Waals surface area contributed by atoms with Crippen LogP contribution in [0.2, 0.25) is 0 Å². The molecule has 0 spiro atoms. The Hall–Kier alpha value is -1.93. The van der Waals surface area contributed by atoms with Crippen molar-refractivity contribution in [3.8, 4) is 0 Å². The Morgan fingerprint density at radius 1 is 1.06 bits per heavy atom. The molecular formula is C24H34N4O3S. The van der Waals surface area contributed by atoms with E-state index in [0.717, 1.165) is 46.5 Å². The van der Waals surface area contributed by atoms with Gasteiger partial charge in [0.1, 0.15) is 4.83 Å². The van der Waals surface area contributed by atoms with Crippen molar-refractivity contribution in [2.45, 2.75) is 76.8 Å². The summed E-state index contributed by atoms with van der Waals surface area (Å²) in [4.78, 5) is 29.6. The molecule has 3 heterocycles. The van der Waals surface area contributed by atoms with Gasteiger partial charge in [-0.1, -0.05) is 19.3 Å². The Morgan fingerprint density at radius 2 is 1.78 bits per heavy atom. The summed E-state index contributed by atoms with van der Waals surface area (Å²) in [6.07, 6.45) is 9.65. The van der Waals surface area contributed by atoms with Gasteiger partial charge >= 0.3 is 0 Å². The second-order valence-corrected chi connectivity index (χ2v) is 10.6. The number of carbonyl (C=O) groups is 2. The fourth-order valence-electron chi connectivity index (χ4n) is 5.54. The van der Waals surface area contributed by atoms with Crippen LogP contribution in [0.25, 0.3) is 10.2 Å². The summed E-state index contributed by atoms with van der Waals surface area (Å²) in [5, 5.41) is 9.16. The van der Waals surface area contributed by atoms with Crippen LogP contribution >= 0.6 is 11.3 Å². The SMILES string of the molecule is Cc1nn(C2CCCCC2)c2sc(C(=O)N[C@H]3CC[C@H](C(=O)N4CCOCC4)CC3)cc12. The zero-order valence-electron chi connectivity index (χ0n) is 19.0. The molecule has 174 valence electrons. The number of aryl methyl sites for hydroxylation is 1. The van der Waals surface area contributed by atoms with Crippen molar-refractivity contribution >= 4 is 33.4 Å². The number of hydrogen-bond donors (Lipinski definition) is 1. The first-order chi connectivity index (χ1) is 15.6. The highest BCUT2D eigenvalue weighted by molar-refractivity contribution is 7.20. The zero-order chi connectivity index (χ0) is 22.1. The van der Waals surface area contributed by atoms with Crippen molar-refractivity contribution in [2.24, 2.45) is 5.92 Å². The van der Waals surface area contributed by atoms with Gasteiger partial charge in [-0.05, 0) is 51.5 Å². The standard InChI is InChI=1S/C24H34N4O3S/c1-16-20-15-21(32-24(20)28(26-16)19-5-3-2-4-6-19)22(29)25-18-9-7-17(8-10-18)23(30)27-11-13-31-14-12-27/h15,17-19H,2-14H2,1H3,(H,25,29)/t17-,18-. The van der Waals surface area contributed by atoms with Crippen molar-refractivity contribution in [1.29, 1.82) is 0 Å². The van der Waals surface area contributed by atoms with E-state index in [2.05, 4.69) is 10.00 Å². The van der Waals surface area contributed by atoms with Crippen LogP contribution in [0.5, 0.6) is 0 Å². The van der Waals surface area contributed by atoms with Crippen LogP contribution in [0.4, 0.5) is 0 Å². The van der Waals surface area contributed by atoms with Gasteiger partial charge in [-0.3, -0.25) is 14.3 Å². The van der Waals surface area contributed by atoms with Gasteiger partial charge in [0.25, 0.3) is 5.91 Å². The van der Waals surface area contributed by atoms with E-state index in [0.29, 0.717) is 32.3 Å². The maximum atomic E-state index is 13.0. The summed E-state index contributed by atoms with van der Waals surface area (Å²) < 4.78 is 7.55. The van der Waals surface area contributed by atoms with E-state index >= 15 is 0 Å². The van der Waals surface area contributed by atoms with Gasteiger partial charge < -0.3 is 15.0 Å². The van der Waals surface area contributed by atoms with E-state index in [1.165, 1.54) is 32.1 Å². The third kappa shape index (κ3) is 4.44. The molecule has 2 aromatic rings. The second-order valence-electron chi connectivity index (χ2n) is 9.61. The number of fused-ring (bicyclic) bond motifs is 1. The van der Waals surface area contributed by atoms with Crippen LogP contribution in [0.1, 0.15) is 79.2 Å². The number of rotatable bonds is 4. The van der Waals surface area contributed by atoms with E-state index in [9.17, 15) is 9.59 Å². The molecule has 1 aliphatic heterocycles. The van der Waals surface area contributed by atoms with E-state index in [4.69, 9.17) is 9.84 Å². The second kappa shape index (κ2) is 9.51. The molecule has 5 rings (SSSR count). The van der Waals surface area contributed by atoms with Gasteiger partial charge in [-0.2, -0.15) is 5.10 Å². The maximum Gasteiger partial charge on any atom is 0.261 e. The van der Waals surface area contributed by atoms with E-state index in [1.54, 1.807) is 11.3 Å². The van der Waals surface area contributed by atoms with Crippen molar-refractivity contribution in [3.05, 3.63) is 16.6 Å². The highest BCUT2D eigenvalue weighted by Crippen LogP contribution is 2.35. The van der Waals surface area contributed by atoms with Crippen LogP contribution in [-0.2, 0) is 9.53 Å². The molecule has 3 fully saturated rings. The number of amides is 2. The number of carbonyl (C=O) groups excluding carboxylic acids is 2. The van der Waals surface area contributed by atoms with Gasteiger partial charge in [0.2, 0.25) is 5.91 Å². The lowest BCUT2D eigenvalue weighted by molar-refractivity contribution is -0.140. The molecule has 7 nitrogen and oxygen atoms in total. The van der Waals surface area contributed by atoms with Crippen molar-refractivity contribution < 1.29 is 14.3 Å². The molecular weight excluding hydrogens is 424 g/mol. The Kier molecular flexibility index (Phi) is 6.51. The fourth-order valence-corrected chi connectivity index (χ4v) is 6.68. The van der Waals surface area contributed by atoms with Crippen molar-refractivity contribution in [3.63, 3.8) is 0 Å². The fraction of sp³-hybridized carbons (Fsp3) is 0.708. The summed E-state index contributed by atoms with van der Waals surface area (Å²) >= 11 is 1.58. The Bertz CT molecular complexity index is 963. The Morgan fingerprint density at radius 3 is 2.50 bits per heavy atom. The minimum atomic E-state index is 0.0174. The smallest absolute Gasteiger partial charge is 0.261 e. The van der Waals surface area contributed by atoms with E-state index in [1.807, 2.05) is 17.9 Å². The number of thiophene rings is 1. The number of hydrogen-bond acceptors (Lipinski definition) is 5. The molecule has 32 heavy (non-hydrogen) atoms. The monoisotopic (exact) mass is 458 g/mol. The van der Waals surface area contributed by atoms with Crippen molar-refractivity contribution in [2.75, 3.05) is 26.3 Å². The maximum absolute atomic E-state index is 13.0. The van der Waals surface area contributed by atoms with Crippen LogP contribution in [0.3, 0.4) is 0 Å². The summed E-state index contributed by atoms with van der Waals surface area (Å²) in [6, 6.07) is 2.64. The lowest BCUT2D eigenvalue weighted by Gasteiger charge is -2.34. The van der Waals surface area contributed by atoms with Gasteiger partial charge in [-0.15, -0.1) is 11.3 Å². The minimum absolute atomic E-state index is 0.0174. The average molecular weight is 459 g/mol. The Balaban J connectivity index is 1.20. The molecule has 2 aliphatic carbocycles. The average Bonchev–Trinajstić information content (AvgIpc) is 3.41. The van der Waals surface area contributed by atoms with Crippen LogP contribution < -0.4 is 5.32 Å². The van der Waals surface area contributed by atoms with Gasteiger partial charge in [0.15, 0.2) is 0 Å². The molecule has 3 aliphatic rings. The molecule has 0 bridgehead atoms. The summed E-state index contributed by atoms with van der Waals surface area (Å²) in [5.41, 5.74) is 1.02. The molecule has 0 unspecified atom stereocenters. The van der Waals surface area contributed by atoms with E-state index < -0.39 is 0 Å².